The minimum absolute atomic E-state index is 0.0654. The summed E-state index contributed by atoms with van der Waals surface area (Å²) in [7, 11) is 0. The van der Waals surface area contributed by atoms with Crippen LogP contribution < -0.4 is 10.2 Å². The first-order valence-corrected chi connectivity index (χ1v) is 9.74. The molecule has 0 bridgehead atoms. The largest absolute Gasteiger partial charge is 0.488 e. The summed E-state index contributed by atoms with van der Waals surface area (Å²) in [6.07, 6.45) is -5.92. The van der Waals surface area contributed by atoms with Gasteiger partial charge in [-0.2, -0.15) is 35.8 Å². The first-order valence-electron chi connectivity index (χ1n) is 8.19. The summed E-state index contributed by atoms with van der Waals surface area (Å²) < 4.78 is 95.0. The second-order valence-corrected chi connectivity index (χ2v) is 7.81. The lowest BCUT2D eigenvalue weighted by molar-refractivity contribution is -0.344. The van der Waals surface area contributed by atoms with Crippen molar-refractivity contribution in [3.8, 4) is 5.75 Å². The molecule has 0 spiro atoms. The van der Waals surface area contributed by atoms with Crippen molar-refractivity contribution in [1.29, 1.82) is 0 Å². The summed E-state index contributed by atoms with van der Waals surface area (Å²) >= 11 is 15.0. The van der Waals surface area contributed by atoms with E-state index in [1.54, 1.807) is 12.1 Å². The smallest absolute Gasteiger partial charge is 0.460 e. The molecule has 1 amide bonds. The van der Waals surface area contributed by atoms with E-state index >= 15 is 0 Å². The summed E-state index contributed by atoms with van der Waals surface area (Å²) in [4.78, 5) is 11.3. The maximum atomic E-state index is 13.3. The monoisotopic (exact) mass is 568 g/mol. The van der Waals surface area contributed by atoms with Gasteiger partial charge >= 0.3 is 23.9 Å². The standard InChI is InChI=1S/C18H10BrCl2F7N2O2/c19-11-2-4-14(32-8-9-1-3-12(20)6-13(9)21)10(5-11)7-29-30-15(31)16(22,23)17(24,25)18(26,27)28/h1-7H,8H2,(H,30,31). The summed E-state index contributed by atoms with van der Waals surface area (Å²) in [5.41, 5.74) is 1.58. The van der Waals surface area contributed by atoms with Crippen LogP contribution in [-0.2, 0) is 11.4 Å². The molecule has 0 saturated carbocycles. The van der Waals surface area contributed by atoms with E-state index in [9.17, 15) is 35.5 Å². The normalized spacial score (nSPS) is 12.8. The molecule has 2 aromatic rings. The number of alkyl halides is 7. The number of nitrogens with zero attached hydrogens (tertiary/aromatic N) is 1. The average molecular weight is 570 g/mol. The fraction of sp³-hybridized carbons (Fsp3) is 0.222. The van der Waals surface area contributed by atoms with Gasteiger partial charge in [-0.05, 0) is 30.3 Å². The van der Waals surface area contributed by atoms with Crippen LogP contribution in [0, 0.1) is 0 Å². The van der Waals surface area contributed by atoms with Crippen LogP contribution in [0.3, 0.4) is 0 Å². The molecule has 32 heavy (non-hydrogen) atoms. The predicted octanol–water partition coefficient (Wildman–Crippen LogP) is 6.62. The second-order valence-electron chi connectivity index (χ2n) is 6.05. The zero-order chi connectivity index (χ0) is 24.3. The van der Waals surface area contributed by atoms with Crippen LogP contribution in [-0.4, -0.2) is 30.1 Å². The van der Waals surface area contributed by atoms with Crippen molar-refractivity contribution < 1.29 is 40.3 Å². The SMILES string of the molecule is O=C(NN=Cc1cc(Br)ccc1OCc1ccc(Cl)cc1Cl)C(F)(F)C(F)(F)C(F)(F)F. The zero-order valence-electron chi connectivity index (χ0n) is 15.3. The molecule has 0 unspecified atom stereocenters. The first-order chi connectivity index (χ1) is 14.7. The summed E-state index contributed by atoms with van der Waals surface area (Å²) in [6.45, 7) is -0.0687. The Morgan fingerprint density at radius 3 is 2.31 bits per heavy atom. The molecule has 0 saturated heterocycles. The second kappa shape index (κ2) is 9.84. The molecule has 0 aliphatic heterocycles. The lowest BCUT2D eigenvalue weighted by Crippen LogP contribution is -2.58. The average Bonchev–Trinajstić information content (AvgIpc) is 2.67. The molecule has 2 rings (SSSR count). The van der Waals surface area contributed by atoms with Crippen LogP contribution in [0.25, 0.3) is 0 Å². The molecular weight excluding hydrogens is 560 g/mol. The van der Waals surface area contributed by atoms with Gasteiger partial charge in [0.05, 0.1) is 6.21 Å². The number of hydrogen-bond donors (Lipinski definition) is 1. The van der Waals surface area contributed by atoms with Crippen molar-refractivity contribution in [2.75, 3.05) is 0 Å². The van der Waals surface area contributed by atoms with Gasteiger partial charge in [0, 0.05) is 25.6 Å². The molecule has 2 aromatic carbocycles. The number of rotatable bonds is 7. The van der Waals surface area contributed by atoms with E-state index in [0.717, 1.165) is 11.6 Å². The molecule has 0 heterocycles. The van der Waals surface area contributed by atoms with E-state index in [1.807, 2.05) is 0 Å². The lowest BCUT2D eigenvalue weighted by Gasteiger charge is -2.26. The molecule has 0 aliphatic rings. The third-order valence-electron chi connectivity index (χ3n) is 3.78. The minimum atomic E-state index is -6.65. The Labute approximate surface area is 194 Å². The van der Waals surface area contributed by atoms with Crippen molar-refractivity contribution in [2.24, 2.45) is 5.10 Å². The van der Waals surface area contributed by atoms with E-state index in [4.69, 9.17) is 27.9 Å². The summed E-state index contributed by atoms with van der Waals surface area (Å²) in [5.74, 6) is -15.5. The Morgan fingerprint density at radius 2 is 1.72 bits per heavy atom. The van der Waals surface area contributed by atoms with Crippen LogP contribution in [0.2, 0.25) is 10.0 Å². The molecule has 174 valence electrons. The Kier molecular flexibility index (Phi) is 8.05. The maximum Gasteiger partial charge on any atom is 0.460 e. The molecule has 0 fully saturated rings. The third kappa shape index (κ3) is 5.84. The van der Waals surface area contributed by atoms with Crippen LogP contribution in [0.15, 0.2) is 46.0 Å². The van der Waals surface area contributed by atoms with E-state index in [0.29, 0.717) is 20.1 Å². The molecule has 0 atom stereocenters. The van der Waals surface area contributed by atoms with Crippen molar-refractivity contribution >= 4 is 51.3 Å². The number of hydrogen-bond acceptors (Lipinski definition) is 3. The number of benzene rings is 2. The van der Waals surface area contributed by atoms with Crippen molar-refractivity contribution in [1.82, 2.24) is 5.43 Å². The summed E-state index contributed by atoms with van der Waals surface area (Å²) in [6, 6.07) is 8.92. The number of ether oxygens (including phenoxy) is 1. The maximum absolute atomic E-state index is 13.3. The minimum Gasteiger partial charge on any atom is -0.488 e. The van der Waals surface area contributed by atoms with Crippen molar-refractivity contribution in [2.45, 2.75) is 24.6 Å². The molecule has 1 N–H and O–H groups in total. The molecule has 0 aromatic heterocycles. The van der Waals surface area contributed by atoms with Gasteiger partial charge in [0.1, 0.15) is 12.4 Å². The van der Waals surface area contributed by atoms with Gasteiger partial charge in [-0.1, -0.05) is 45.2 Å². The summed E-state index contributed by atoms with van der Waals surface area (Å²) in [5, 5.41) is 3.72. The highest BCUT2D eigenvalue weighted by atomic mass is 79.9. The van der Waals surface area contributed by atoms with Gasteiger partial charge < -0.3 is 4.74 Å². The number of amides is 1. The van der Waals surface area contributed by atoms with Crippen molar-refractivity contribution in [3.05, 3.63) is 62.0 Å². The van der Waals surface area contributed by atoms with Crippen LogP contribution in [0.4, 0.5) is 30.7 Å². The van der Waals surface area contributed by atoms with E-state index in [1.165, 1.54) is 24.3 Å². The quantitative estimate of drug-likeness (QED) is 0.231. The first kappa shape index (κ1) is 26.2. The number of halogens is 10. The van der Waals surface area contributed by atoms with E-state index in [-0.39, 0.29) is 17.9 Å². The third-order valence-corrected chi connectivity index (χ3v) is 4.86. The molecule has 4 nitrogen and oxygen atoms in total. The predicted molar refractivity (Wildman–Crippen MR) is 107 cm³/mol. The van der Waals surface area contributed by atoms with Crippen LogP contribution >= 0.6 is 39.1 Å². The number of hydrazone groups is 1. The number of carbonyl (C=O) groups excluding carboxylic acids is 1. The van der Waals surface area contributed by atoms with Gasteiger partial charge in [-0.3, -0.25) is 4.79 Å². The van der Waals surface area contributed by atoms with E-state index in [2.05, 4.69) is 21.0 Å². The van der Waals surface area contributed by atoms with Crippen LogP contribution in [0.5, 0.6) is 5.75 Å². The highest BCUT2D eigenvalue weighted by Crippen LogP contribution is 2.46. The Hall–Kier alpha value is -2.05. The fourth-order valence-electron chi connectivity index (χ4n) is 2.10. The highest BCUT2D eigenvalue weighted by Gasteiger charge is 2.76. The van der Waals surface area contributed by atoms with Gasteiger partial charge in [-0.25, -0.2) is 5.43 Å². The van der Waals surface area contributed by atoms with Crippen molar-refractivity contribution in [3.63, 3.8) is 0 Å². The molecule has 14 heteroatoms. The lowest BCUT2D eigenvalue weighted by atomic mass is 10.1. The number of carbonyl (C=O) groups is 1. The Balaban J connectivity index is 2.17. The van der Waals surface area contributed by atoms with E-state index < -0.39 is 23.9 Å². The molecular formula is C18H10BrCl2F7N2O2. The Morgan fingerprint density at radius 1 is 1.06 bits per heavy atom. The van der Waals surface area contributed by atoms with Gasteiger partial charge in [-0.15, -0.1) is 0 Å². The molecule has 0 radical (unpaired) electrons. The van der Waals surface area contributed by atoms with Gasteiger partial charge in [0.2, 0.25) is 0 Å². The highest BCUT2D eigenvalue weighted by molar-refractivity contribution is 9.10. The molecule has 0 aliphatic carbocycles. The Bertz CT molecular complexity index is 1030. The number of nitrogens with one attached hydrogen (secondary N) is 1. The topological polar surface area (TPSA) is 50.7 Å². The van der Waals surface area contributed by atoms with Gasteiger partial charge in [0.25, 0.3) is 0 Å². The van der Waals surface area contributed by atoms with Gasteiger partial charge in [0.15, 0.2) is 0 Å². The zero-order valence-corrected chi connectivity index (χ0v) is 18.4. The van der Waals surface area contributed by atoms with Crippen LogP contribution in [0.1, 0.15) is 11.1 Å². The fourth-order valence-corrected chi connectivity index (χ4v) is 2.94.